The van der Waals surface area contributed by atoms with Crippen molar-refractivity contribution in [1.82, 2.24) is 5.32 Å². The van der Waals surface area contributed by atoms with E-state index in [0.29, 0.717) is 0 Å². The first-order chi connectivity index (χ1) is 5.71. The highest BCUT2D eigenvalue weighted by atomic mass is 80.0. The van der Waals surface area contributed by atoms with Crippen molar-refractivity contribution in [2.45, 2.75) is 13.6 Å². The first-order valence-corrected chi connectivity index (χ1v) is 9.84. The van der Waals surface area contributed by atoms with Crippen molar-refractivity contribution in [3.05, 3.63) is 0 Å². The number of hydrogen-bond donors (Lipinski definition) is 1. The summed E-state index contributed by atoms with van der Waals surface area (Å²) in [5.74, 6) is 0. The number of hydrogen-bond acceptors (Lipinski definition) is 1. The van der Waals surface area contributed by atoms with Crippen LogP contribution in [0.15, 0.2) is 0 Å². The lowest BCUT2D eigenvalue weighted by atomic mass is 11.0. The summed E-state index contributed by atoms with van der Waals surface area (Å²) in [6, 6.07) is 0. The highest BCUT2D eigenvalue weighted by Gasteiger charge is 2.28. The molecule has 14 heavy (non-hydrogen) atoms. The molecule has 0 aromatic rings. The highest BCUT2D eigenvalue weighted by molar-refractivity contribution is 9.40. The van der Waals surface area contributed by atoms with E-state index in [0.717, 1.165) is 0 Å². The summed E-state index contributed by atoms with van der Waals surface area (Å²) < 4.78 is -1.00. The fourth-order valence-corrected chi connectivity index (χ4v) is 4.34. The summed E-state index contributed by atoms with van der Waals surface area (Å²) in [6.45, 7) is 1.94. The third-order valence-electron chi connectivity index (χ3n) is 0.283. The van der Waals surface area contributed by atoms with E-state index in [9.17, 15) is 0 Å². The average molecular weight is 785 g/mol. The van der Waals surface area contributed by atoms with Crippen molar-refractivity contribution >= 4 is 143 Å². The minimum atomic E-state index is -0.469. The van der Waals surface area contributed by atoms with E-state index < -0.39 is 4.53 Å². The number of halogens is 9. The molecule has 1 nitrogen and oxygen atoms in total. The summed E-state index contributed by atoms with van der Waals surface area (Å²) in [4.78, 5) is 0. The molecule has 0 unspecified atom stereocenters. The molecule has 0 spiro atoms. The van der Waals surface area contributed by atoms with Crippen molar-refractivity contribution in [3.63, 3.8) is 0 Å². The van der Waals surface area contributed by atoms with Crippen LogP contribution in [0.3, 0.4) is 0 Å². The minimum absolute atomic E-state index is 0.0625. The lowest BCUT2D eigenvalue weighted by molar-refractivity contribution is 0.850. The van der Waals surface area contributed by atoms with Crippen LogP contribution in [0, 0.1) is 0 Å². The maximum absolute atomic E-state index is 3.25. The van der Waals surface area contributed by atoms with Crippen LogP contribution in [-0.2, 0) is 0 Å². The highest BCUT2D eigenvalue weighted by Crippen LogP contribution is 2.39. The Hall–Kier alpha value is 4.28. The summed E-state index contributed by atoms with van der Waals surface area (Å²) in [6.07, 6.45) is 0. The minimum Gasteiger partial charge on any atom is -0.251 e. The molecule has 0 bridgehead atoms. The predicted octanol–water partition coefficient (Wildman–Crippen LogP) is 7.01. The van der Waals surface area contributed by atoms with Gasteiger partial charge in [-0.25, -0.2) is 0 Å². The van der Waals surface area contributed by atoms with E-state index >= 15 is 0 Å². The second-order valence-corrected chi connectivity index (χ2v) is 23.4. The smallest absolute Gasteiger partial charge is 0.188 e. The van der Waals surface area contributed by atoms with Crippen molar-refractivity contribution in [2.24, 2.45) is 0 Å². The van der Waals surface area contributed by atoms with Crippen LogP contribution >= 0.6 is 143 Å². The average Bonchev–Trinajstić information content (AvgIpc) is 1.42. The van der Waals surface area contributed by atoms with Gasteiger partial charge in [0.2, 0.25) is 0 Å². The zero-order valence-corrected chi connectivity index (χ0v) is 20.7. The van der Waals surface area contributed by atoms with E-state index in [1.54, 1.807) is 0 Å². The van der Waals surface area contributed by atoms with Gasteiger partial charge in [0.15, 0.2) is 4.53 Å². The van der Waals surface area contributed by atoms with Crippen LogP contribution < -0.4 is 5.32 Å². The SMILES string of the molecule is BrC(Br)(Br)NC(Br)(Br)Br.CC(Br)(Br)Br. The van der Waals surface area contributed by atoms with Gasteiger partial charge in [0.1, 0.15) is 2.14 Å². The molecule has 88 valence electrons. The lowest BCUT2D eigenvalue weighted by Gasteiger charge is -2.21. The van der Waals surface area contributed by atoms with Gasteiger partial charge in [0, 0.05) is 0 Å². The van der Waals surface area contributed by atoms with Gasteiger partial charge < -0.3 is 0 Å². The van der Waals surface area contributed by atoms with Gasteiger partial charge >= 0.3 is 0 Å². The fraction of sp³-hybridized carbons (Fsp3) is 1.00. The van der Waals surface area contributed by atoms with E-state index in [1.807, 2.05) is 6.92 Å². The van der Waals surface area contributed by atoms with E-state index in [2.05, 4.69) is 149 Å². The van der Waals surface area contributed by atoms with Crippen LogP contribution in [0.1, 0.15) is 6.92 Å². The molecule has 0 saturated carbocycles. The summed E-state index contributed by atoms with van der Waals surface area (Å²) in [5, 5.41) is 2.96. The summed E-state index contributed by atoms with van der Waals surface area (Å²) >= 11 is 29.1. The third-order valence-corrected chi connectivity index (χ3v) is 1.47. The van der Waals surface area contributed by atoms with Gasteiger partial charge in [-0.1, -0.05) is 47.8 Å². The molecule has 0 radical (unpaired) electrons. The van der Waals surface area contributed by atoms with E-state index in [4.69, 9.17) is 0 Å². The van der Waals surface area contributed by atoms with E-state index in [-0.39, 0.29) is 2.14 Å². The second-order valence-electron chi connectivity index (χ2n) is 1.90. The van der Waals surface area contributed by atoms with Gasteiger partial charge in [-0.2, -0.15) is 0 Å². The van der Waals surface area contributed by atoms with Crippen molar-refractivity contribution in [1.29, 1.82) is 0 Å². The molecule has 0 aromatic heterocycles. The quantitative estimate of drug-likeness (QED) is 0.206. The van der Waals surface area contributed by atoms with Crippen LogP contribution in [0.25, 0.3) is 0 Å². The van der Waals surface area contributed by atoms with Crippen molar-refractivity contribution in [2.75, 3.05) is 0 Å². The van der Waals surface area contributed by atoms with Gasteiger partial charge in [-0.3, -0.25) is 5.32 Å². The Morgan fingerprint density at radius 2 is 0.786 bits per heavy atom. The van der Waals surface area contributed by atoms with Gasteiger partial charge in [-0.15, -0.1) is 0 Å². The predicted molar refractivity (Wildman–Crippen MR) is 97.3 cm³/mol. The molecule has 0 rings (SSSR count). The molecule has 1 N–H and O–H groups in total. The Bertz CT molecular complexity index is 132. The summed E-state index contributed by atoms with van der Waals surface area (Å²) in [7, 11) is 0. The molecule has 0 atom stereocenters. The molecule has 0 aliphatic heterocycles. The molecular weight excluding hydrogens is 781 g/mol. The Kier molecular flexibility index (Phi) is 12.4. The summed E-state index contributed by atoms with van der Waals surface area (Å²) in [5.41, 5.74) is 0. The first kappa shape index (κ1) is 20.6. The maximum atomic E-state index is 3.25. The molecule has 0 aromatic carbocycles. The van der Waals surface area contributed by atoms with Crippen molar-refractivity contribution < 1.29 is 0 Å². The fourth-order valence-electron chi connectivity index (χ4n) is 0.161. The molecule has 0 fully saturated rings. The molecule has 0 amide bonds. The third kappa shape index (κ3) is 36.0. The number of rotatable bonds is 0. The molecule has 10 heteroatoms. The van der Waals surface area contributed by atoms with E-state index in [1.165, 1.54) is 0 Å². The van der Waals surface area contributed by atoms with Crippen LogP contribution in [-0.4, -0.2) is 6.68 Å². The number of nitrogens with one attached hydrogen (secondary N) is 1. The van der Waals surface area contributed by atoms with Gasteiger partial charge in [0.25, 0.3) is 0 Å². The standard InChI is InChI=1S/C2HBr6N.C2H3Br3/c3-1(4,5)9-2(6,7)8;1-2(3,4)5/h9H;1H3. The van der Waals surface area contributed by atoms with Gasteiger partial charge in [0.05, 0.1) is 0 Å². The van der Waals surface area contributed by atoms with Crippen molar-refractivity contribution in [3.8, 4) is 0 Å². The second kappa shape index (κ2) is 8.45. The maximum Gasteiger partial charge on any atom is 0.188 e. The molecule has 0 aliphatic carbocycles. The topological polar surface area (TPSA) is 12.0 Å². The first-order valence-electron chi connectivity index (χ1n) is 2.70. The Balaban J connectivity index is 0. The normalized spacial score (nSPS) is 13.3. The monoisotopic (exact) mass is 776 g/mol. The van der Waals surface area contributed by atoms with Crippen LogP contribution in [0.4, 0.5) is 0 Å². The Morgan fingerprint density at radius 1 is 0.643 bits per heavy atom. The zero-order valence-electron chi connectivity index (χ0n) is 6.40. The Labute approximate surface area is 159 Å². The molecule has 0 saturated heterocycles. The lowest BCUT2D eigenvalue weighted by Crippen LogP contribution is -2.36. The number of alkyl halides is 9. The zero-order chi connectivity index (χ0) is 12.2. The molecule has 0 heterocycles. The Morgan fingerprint density at radius 3 is 0.786 bits per heavy atom. The van der Waals surface area contributed by atoms with Crippen LogP contribution in [0.5, 0.6) is 0 Å². The van der Waals surface area contributed by atoms with Gasteiger partial charge in [-0.05, 0) is 103 Å². The molecule has 0 aliphatic rings. The van der Waals surface area contributed by atoms with Crippen LogP contribution in [0.2, 0.25) is 0 Å². The molecular formula is C4H4Br9N. The largest absolute Gasteiger partial charge is 0.251 e.